The van der Waals surface area contributed by atoms with Crippen LogP contribution in [-0.2, 0) is 10.3 Å². The first-order valence-electron chi connectivity index (χ1n) is 14.8. The fraction of sp³-hybridized carbons (Fsp3) is 0.375. The van der Waals surface area contributed by atoms with Gasteiger partial charge in [-0.05, 0) is 88.1 Å². The molecule has 1 aliphatic rings. The molecule has 1 atom stereocenters. The van der Waals surface area contributed by atoms with E-state index in [0.29, 0.717) is 0 Å². The summed E-state index contributed by atoms with van der Waals surface area (Å²) in [5, 5.41) is 19.7. The van der Waals surface area contributed by atoms with E-state index in [9.17, 15) is 9.59 Å². The number of benzene rings is 1. The van der Waals surface area contributed by atoms with E-state index in [1.165, 1.54) is 4.80 Å². The Hall–Kier alpha value is -5.00. The van der Waals surface area contributed by atoms with Crippen molar-refractivity contribution in [3.05, 3.63) is 71.9 Å². The molecule has 0 saturated carbocycles. The van der Waals surface area contributed by atoms with Crippen molar-refractivity contribution in [3.8, 4) is 22.5 Å². The van der Waals surface area contributed by atoms with Gasteiger partial charge in [-0.25, -0.2) is 14.5 Å². The smallest absolute Gasteiger partial charge is 0.293 e. The molecule has 44 heavy (non-hydrogen) atoms. The van der Waals surface area contributed by atoms with Crippen molar-refractivity contribution in [2.75, 3.05) is 18.0 Å². The van der Waals surface area contributed by atoms with Gasteiger partial charge >= 0.3 is 0 Å². The average Bonchev–Trinajstić information content (AvgIpc) is 3.71. The minimum Gasteiger partial charge on any atom is -0.357 e. The molecule has 0 radical (unpaired) electrons. The number of fused-ring (bicyclic) bond motifs is 1. The highest BCUT2D eigenvalue weighted by Crippen LogP contribution is 2.30. The molecule has 0 bridgehead atoms. The van der Waals surface area contributed by atoms with Gasteiger partial charge in [-0.15, -0.1) is 10.2 Å². The molecule has 1 aliphatic heterocycles. The second kappa shape index (κ2) is 11.6. The van der Waals surface area contributed by atoms with Crippen LogP contribution in [0.2, 0.25) is 0 Å². The molecule has 12 heteroatoms. The van der Waals surface area contributed by atoms with Crippen LogP contribution in [0.3, 0.4) is 0 Å². The van der Waals surface area contributed by atoms with Crippen LogP contribution in [0.15, 0.2) is 55.0 Å². The first-order chi connectivity index (χ1) is 21.1. The van der Waals surface area contributed by atoms with Crippen molar-refractivity contribution < 1.29 is 9.59 Å². The maximum absolute atomic E-state index is 12.9. The minimum absolute atomic E-state index is 0.0372. The number of tetrazole rings is 1. The lowest BCUT2D eigenvalue weighted by Gasteiger charge is -2.30. The summed E-state index contributed by atoms with van der Waals surface area (Å²) in [5.41, 5.74) is 5.89. The Morgan fingerprint density at radius 3 is 2.52 bits per heavy atom. The fourth-order valence-corrected chi connectivity index (χ4v) is 5.51. The number of aromatic nitrogens is 8. The predicted molar refractivity (Wildman–Crippen MR) is 166 cm³/mol. The summed E-state index contributed by atoms with van der Waals surface area (Å²) in [4.78, 5) is 37.4. The summed E-state index contributed by atoms with van der Waals surface area (Å²) in [6, 6.07) is 11.8. The molecule has 6 rings (SSSR count). The zero-order chi connectivity index (χ0) is 31.0. The van der Waals surface area contributed by atoms with Gasteiger partial charge < -0.3 is 15.0 Å². The van der Waals surface area contributed by atoms with E-state index in [2.05, 4.69) is 36.8 Å². The third-order valence-corrected chi connectivity index (χ3v) is 8.06. The summed E-state index contributed by atoms with van der Waals surface area (Å²) in [5.74, 6) is 0.709. The van der Waals surface area contributed by atoms with Crippen LogP contribution in [0.1, 0.15) is 68.3 Å². The van der Waals surface area contributed by atoms with Crippen LogP contribution in [-0.4, -0.2) is 65.1 Å². The molecule has 12 nitrogen and oxygen atoms in total. The quantitative estimate of drug-likeness (QED) is 0.273. The number of carbonyl (C=O) groups excluding carboxylic acids is 2. The fourth-order valence-electron chi connectivity index (χ4n) is 5.51. The van der Waals surface area contributed by atoms with Crippen LogP contribution in [0.25, 0.3) is 28.0 Å². The Morgan fingerprint density at radius 2 is 1.86 bits per heavy atom. The number of piperidine rings is 1. The highest BCUT2D eigenvalue weighted by Gasteiger charge is 2.23. The van der Waals surface area contributed by atoms with Gasteiger partial charge in [-0.3, -0.25) is 4.79 Å². The topological polar surface area (TPSA) is 136 Å². The molecular weight excluding hydrogens is 556 g/mol. The molecule has 1 amide bonds. The maximum atomic E-state index is 12.9. The zero-order valence-corrected chi connectivity index (χ0v) is 25.6. The first-order valence-corrected chi connectivity index (χ1v) is 14.8. The number of pyridine rings is 1. The van der Waals surface area contributed by atoms with Gasteiger partial charge in [-0.1, -0.05) is 12.1 Å². The highest BCUT2D eigenvalue weighted by molar-refractivity contribution is 5.90. The molecule has 0 aliphatic carbocycles. The van der Waals surface area contributed by atoms with E-state index < -0.39 is 0 Å². The van der Waals surface area contributed by atoms with Gasteiger partial charge in [-0.2, -0.15) is 9.90 Å². The van der Waals surface area contributed by atoms with Crippen molar-refractivity contribution in [2.24, 2.45) is 5.92 Å². The Kier molecular flexibility index (Phi) is 7.66. The lowest BCUT2D eigenvalue weighted by molar-refractivity contribution is -0.111. The minimum atomic E-state index is -0.378. The largest absolute Gasteiger partial charge is 0.357 e. The number of aldehydes is 1. The number of hydrogen-bond acceptors (Lipinski definition) is 9. The van der Waals surface area contributed by atoms with Crippen molar-refractivity contribution in [1.29, 1.82) is 0 Å². The number of nitrogens with one attached hydrogen (secondary N) is 1. The van der Waals surface area contributed by atoms with E-state index >= 15 is 0 Å². The summed E-state index contributed by atoms with van der Waals surface area (Å²) >= 11 is 0. The second-order valence-corrected chi connectivity index (χ2v) is 12.3. The third-order valence-electron chi connectivity index (χ3n) is 8.06. The van der Waals surface area contributed by atoms with Gasteiger partial charge in [0.1, 0.15) is 12.1 Å². The van der Waals surface area contributed by atoms with E-state index in [1.807, 2.05) is 81.9 Å². The van der Waals surface area contributed by atoms with Crippen molar-refractivity contribution in [2.45, 2.75) is 59.0 Å². The number of rotatable bonds is 7. The SMILES string of the molecule is Cc1cc(-c2nc(-c3ccc(N4CCC(C=O)CC4)nc3)cn3nccc23)ccc1[C@@H](C)NC(=O)c1nnn(C(C)(C)C)n1. The Morgan fingerprint density at radius 1 is 1.09 bits per heavy atom. The number of hydrogen-bond donors (Lipinski definition) is 1. The summed E-state index contributed by atoms with van der Waals surface area (Å²) in [6.07, 6.45) is 8.29. The first kappa shape index (κ1) is 29.1. The Bertz CT molecular complexity index is 1810. The zero-order valence-electron chi connectivity index (χ0n) is 25.6. The lowest BCUT2D eigenvalue weighted by atomic mass is 9.98. The molecule has 1 N–H and O–H groups in total. The summed E-state index contributed by atoms with van der Waals surface area (Å²) in [6.45, 7) is 11.4. The molecule has 1 aromatic carbocycles. The third kappa shape index (κ3) is 5.79. The summed E-state index contributed by atoms with van der Waals surface area (Å²) in [7, 11) is 0. The number of nitrogens with zero attached hydrogens (tertiary/aromatic N) is 9. The normalized spacial score (nSPS) is 15.0. The van der Waals surface area contributed by atoms with Gasteiger partial charge in [0.2, 0.25) is 0 Å². The predicted octanol–water partition coefficient (Wildman–Crippen LogP) is 4.41. The molecule has 5 heterocycles. The lowest BCUT2D eigenvalue weighted by Crippen LogP contribution is -2.34. The van der Waals surface area contributed by atoms with Crippen LogP contribution in [0, 0.1) is 12.8 Å². The standard InChI is InChI=1S/C32H36N10O2/c1-20-16-23(6-8-25(20)21(2)35-31(44)30-37-39-42(38-30)32(3,4)5)29-27-10-13-34-41(27)18-26(36-29)24-7-9-28(33-17-24)40-14-11-22(19-43)12-15-40/h6-10,13,16-19,21-22H,11-12,14-15H2,1-5H3,(H,35,44)/t21-/m1/s1. The second-order valence-electron chi connectivity index (χ2n) is 12.3. The van der Waals surface area contributed by atoms with Crippen LogP contribution < -0.4 is 10.2 Å². The van der Waals surface area contributed by atoms with Crippen LogP contribution >= 0.6 is 0 Å². The summed E-state index contributed by atoms with van der Waals surface area (Å²) < 4.78 is 1.83. The van der Waals surface area contributed by atoms with Crippen molar-refractivity contribution >= 4 is 23.5 Å². The van der Waals surface area contributed by atoms with Crippen molar-refractivity contribution in [3.63, 3.8) is 0 Å². The number of anilines is 1. The molecule has 5 aromatic rings. The Balaban J connectivity index is 1.23. The van der Waals surface area contributed by atoms with Gasteiger partial charge in [0.15, 0.2) is 0 Å². The van der Waals surface area contributed by atoms with E-state index in [4.69, 9.17) is 9.97 Å². The van der Waals surface area contributed by atoms with Gasteiger partial charge in [0.25, 0.3) is 11.7 Å². The molecule has 0 unspecified atom stereocenters. The molecule has 226 valence electrons. The molecular formula is C32H36N10O2. The van der Waals surface area contributed by atoms with E-state index in [0.717, 1.165) is 77.2 Å². The van der Waals surface area contributed by atoms with Gasteiger partial charge in [0, 0.05) is 36.3 Å². The van der Waals surface area contributed by atoms with Crippen LogP contribution in [0.4, 0.5) is 5.82 Å². The van der Waals surface area contributed by atoms with Crippen LogP contribution in [0.5, 0.6) is 0 Å². The molecule has 1 saturated heterocycles. The highest BCUT2D eigenvalue weighted by atomic mass is 16.2. The Labute approximate surface area is 255 Å². The monoisotopic (exact) mass is 592 g/mol. The van der Waals surface area contributed by atoms with Crippen molar-refractivity contribution in [1.82, 2.24) is 45.1 Å². The van der Waals surface area contributed by atoms with Gasteiger partial charge in [0.05, 0.1) is 40.9 Å². The average molecular weight is 593 g/mol. The number of aryl methyl sites for hydroxylation is 1. The maximum Gasteiger partial charge on any atom is 0.293 e. The van der Waals surface area contributed by atoms with E-state index in [-0.39, 0.29) is 29.2 Å². The molecule has 1 fully saturated rings. The molecule has 0 spiro atoms. The molecule has 4 aromatic heterocycles. The number of carbonyl (C=O) groups is 2. The number of amides is 1. The van der Waals surface area contributed by atoms with E-state index in [1.54, 1.807) is 6.20 Å².